The maximum absolute atomic E-state index is 13.7. The van der Waals surface area contributed by atoms with Crippen molar-refractivity contribution in [2.75, 3.05) is 6.54 Å². The van der Waals surface area contributed by atoms with Crippen LogP contribution >= 0.6 is 0 Å². The predicted octanol–water partition coefficient (Wildman–Crippen LogP) is 4.20. The first-order valence-corrected chi connectivity index (χ1v) is 9.89. The van der Waals surface area contributed by atoms with Gasteiger partial charge in [0.05, 0.1) is 11.5 Å². The third-order valence-electron chi connectivity index (χ3n) is 4.32. The van der Waals surface area contributed by atoms with Gasteiger partial charge in [0.2, 0.25) is 10.0 Å². The van der Waals surface area contributed by atoms with Crippen LogP contribution in [0.1, 0.15) is 24.5 Å². The summed E-state index contributed by atoms with van der Waals surface area (Å²) in [5.41, 5.74) is -1.21. The molecule has 2 rings (SSSR count). The fourth-order valence-electron chi connectivity index (χ4n) is 2.47. The lowest BCUT2D eigenvalue weighted by atomic mass is 10.00. The van der Waals surface area contributed by atoms with Crippen molar-refractivity contribution in [3.05, 3.63) is 65.7 Å². The zero-order chi connectivity index (χ0) is 20.1. The normalized spacial score (nSPS) is 14.7. The van der Waals surface area contributed by atoms with Crippen molar-refractivity contribution >= 4 is 10.0 Å². The standard InChI is InChI=1S/C19H22F3NO3S/c1-3-18(19(20,21)22,26-13-16-7-5-4-6-8-16)14-23-27(24,25)17-11-9-15(2)10-12-17/h4-12,23H,3,13-14H2,1-2H3/t18-/m1/s1. The molecule has 0 heterocycles. The molecule has 0 unspecified atom stereocenters. The van der Waals surface area contributed by atoms with Gasteiger partial charge in [-0.25, -0.2) is 13.1 Å². The number of halogens is 3. The number of alkyl halides is 3. The Balaban J connectivity index is 2.20. The van der Waals surface area contributed by atoms with Gasteiger partial charge in [-0.3, -0.25) is 0 Å². The average Bonchev–Trinajstić information content (AvgIpc) is 2.62. The van der Waals surface area contributed by atoms with E-state index >= 15 is 0 Å². The van der Waals surface area contributed by atoms with Gasteiger partial charge < -0.3 is 4.74 Å². The highest BCUT2D eigenvalue weighted by atomic mass is 32.2. The molecule has 0 aromatic heterocycles. The van der Waals surface area contributed by atoms with Crippen molar-refractivity contribution in [2.24, 2.45) is 0 Å². The summed E-state index contributed by atoms with van der Waals surface area (Å²) < 4.78 is 73.3. The van der Waals surface area contributed by atoms with Gasteiger partial charge in [0.1, 0.15) is 0 Å². The Morgan fingerprint density at radius 1 is 1.00 bits per heavy atom. The van der Waals surface area contributed by atoms with E-state index in [0.717, 1.165) is 5.56 Å². The Labute approximate surface area is 157 Å². The first-order chi connectivity index (χ1) is 12.6. The third-order valence-corrected chi connectivity index (χ3v) is 5.74. The number of aryl methyl sites for hydroxylation is 1. The average molecular weight is 401 g/mol. The van der Waals surface area contributed by atoms with E-state index in [9.17, 15) is 21.6 Å². The maximum Gasteiger partial charge on any atom is 0.418 e. The molecular formula is C19H22F3NO3S. The second kappa shape index (κ2) is 8.41. The van der Waals surface area contributed by atoms with Crippen molar-refractivity contribution in [2.45, 2.75) is 43.5 Å². The summed E-state index contributed by atoms with van der Waals surface area (Å²) in [5.74, 6) is 0. The molecule has 0 aliphatic rings. The van der Waals surface area contributed by atoms with Crippen molar-refractivity contribution < 1.29 is 26.3 Å². The quantitative estimate of drug-likeness (QED) is 0.721. The topological polar surface area (TPSA) is 55.4 Å². The minimum Gasteiger partial charge on any atom is -0.359 e. The molecule has 2 aromatic rings. The number of benzene rings is 2. The molecule has 0 aliphatic carbocycles. The zero-order valence-corrected chi connectivity index (χ0v) is 15.9. The zero-order valence-electron chi connectivity index (χ0n) is 15.1. The van der Waals surface area contributed by atoms with E-state index in [4.69, 9.17) is 4.74 Å². The molecule has 27 heavy (non-hydrogen) atoms. The summed E-state index contributed by atoms with van der Waals surface area (Å²) in [6.07, 6.45) is -5.17. The van der Waals surface area contributed by atoms with Gasteiger partial charge in [0, 0.05) is 6.54 Å². The minimum absolute atomic E-state index is 0.0941. The van der Waals surface area contributed by atoms with E-state index in [1.165, 1.54) is 19.1 Å². The Kier molecular flexibility index (Phi) is 6.67. The molecular weight excluding hydrogens is 379 g/mol. The van der Waals surface area contributed by atoms with Gasteiger partial charge in [-0.05, 0) is 31.0 Å². The van der Waals surface area contributed by atoms with Gasteiger partial charge in [-0.1, -0.05) is 55.0 Å². The number of sulfonamides is 1. The fourth-order valence-corrected chi connectivity index (χ4v) is 3.55. The summed E-state index contributed by atoms with van der Waals surface area (Å²) in [6, 6.07) is 14.3. The second-order valence-corrected chi connectivity index (χ2v) is 8.02. The summed E-state index contributed by atoms with van der Waals surface area (Å²) in [6.45, 7) is 1.92. The Bertz CT molecular complexity index is 837. The molecule has 0 amide bonds. The molecule has 0 saturated carbocycles. The second-order valence-electron chi connectivity index (χ2n) is 6.26. The lowest BCUT2D eigenvalue weighted by Crippen LogP contribution is -2.55. The van der Waals surface area contributed by atoms with Crippen molar-refractivity contribution in [1.82, 2.24) is 4.72 Å². The molecule has 4 nitrogen and oxygen atoms in total. The third kappa shape index (κ3) is 5.31. The molecule has 0 saturated heterocycles. The van der Waals surface area contributed by atoms with Crippen LogP contribution in [0.5, 0.6) is 0 Å². The van der Waals surface area contributed by atoms with Crippen LogP contribution in [0.15, 0.2) is 59.5 Å². The van der Waals surface area contributed by atoms with Gasteiger partial charge in [-0.2, -0.15) is 13.2 Å². The SMILES string of the molecule is CC[C@](CNS(=O)(=O)c1ccc(C)cc1)(OCc1ccccc1)C(F)(F)F. The molecule has 0 fully saturated rings. The van der Waals surface area contributed by atoms with Crippen LogP contribution in [0, 0.1) is 6.92 Å². The van der Waals surface area contributed by atoms with E-state index in [2.05, 4.69) is 4.72 Å². The monoisotopic (exact) mass is 401 g/mol. The fraction of sp³-hybridized carbons (Fsp3) is 0.368. The molecule has 0 radical (unpaired) electrons. The summed E-state index contributed by atoms with van der Waals surface area (Å²) in [5, 5.41) is 0. The molecule has 8 heteroatoms. The lowest BCUT2D eigenvalue weighted by molar-refractivity contribution is -0.279. The summed E-state index contributed by atoms with van der Waals surface area (Å²) in [4.78, 5) is -0.0941. The van der Waals surface area contributed by atoms with E-state index in [-0.39, 0.29) is 11.5 Å². The Hall–Kier alpha value is -1.90. The molecule has 2 aromatic carbocycles. The van der Waals surface area contributed by atoms with E-state index in [0.29, 0.717) is 5.56 Å². The van der Waals surface area contributed by atoms with E-state index < -0.39 is 34.8 Å². The van der Waals surface area contributed by atoms with Crippen LogP contribution in [0.3, 0.4) is 0 Å². The van der Waals surface area contributed by atoms with Gasteiger partial charge in [0.25, 0.3) is 0 Å². The number of ether oxygens (including phenoxy) is 1. The Morgan fingerprint density at radius 3 is 2.11 bits per heavy atom. The Morgan fingerprint density at radius 2 is 1.59 bits per heavy atom. The van der Waals surface area contributed by atoms with Crippen LogP contribution in [-0.2, 0) is 21.4 Å². The highest BCUT2D eigenvalue weighted by molar-refractivity contribution is 7.89. The van der Waals surface area contributed by atoms with Crippen LogP contribution < -0.4 is 4.72 Å². The smallest absolute Gasteiger partial charge is 0.359 e. The number of rotatable bonds is 8. The first-order valence-electron chi connectivity index (χ1n) is 8.40. The molecule has 0 bridgehead atoms. The molecule has 1 N–H and O–H groups in total. The summed E-state index contributed by atoms with van der Waals surface area (Å²) in [7, 11) is -4.09. The highest BCUT2D eigenvalue weighted by Gasteiger charge is 2.55. The molecule has 1 atom stereocenters. The van der Waals surface area contributed by atoms with Crippen LogP contribution in [0.4, 0.5) is 13.2 Å². The summed E-state index contributed by atoms with van der Waals surface area (Å²) >= 11 is 0. The van der Waals surface area contributed by atoms with Crippen LogP contribution in [0.25, 0.3) is 0 Å². The number of hydrogen-bond donors (Lipinski definition) is 1. The van der Waals surface area contributed by atoms with Crippen LogP contribution in [-0.4, -0.2) is 26.7 Å². The minimum atomic E-state index is -4.74. The van der Waals surface area contributed by atoms with Crippen LogP contribution in [0.2, 0.25) is 0 Å². The highest BCUT2D eigenvalue weighted by Crippen LogP contribution is 2.37. The largest absolute Gasteiger partial charge is 0.418 e. The molecule has 0 aliphatic heterocycles. The number of hydrogen-bond acceptors (Lipinski definition) is 3. The molecule has 148 valence electrons. The van der Waals surface area contributed by atoms with E-state index in [1.54, 1.807) is 49.4 Å². The first kappa shape index (κ1) is 21.4. The van der Waals surface area contributed by atoms with Gasteiger partial charge in [0.15, 0.2) is 5.60 Å². The van der Waals surface area contributed by atoms with Gasteiger partial charge >= 0.3 is 6.18 Å². The van der Waals surface area contributed by atoms with Gasteiger partial charge in [-0.15, -0.1) is 0 Å². The van der Waals surface area contributed by atoms with E-state index in [1.807, 2.05) is 0 Å². The maximum atomic E-state index is 13.7. The van der Waals surface area contributed by atoms with Crippen molar-refractivity contribution in [3.63, 3.8) is 0 Å². The predicted molar refractivity (Wildman–Crippen MR) is 96.7 cm³/mol. The van der Waals surface area contributed by atoms with Crippen molar-refractivity contribution in [1.29, 1.82) is 0 Å². The van der Waals surface area contributed by atoms with Crippen molar-refractivity contribution in [3.8, 4) is 0 Å². The molecule has 0 spiro atoms. The number of nitrogens with one attached hydrogen (secondary N) is 1. The lowest BCUT2D eigenvalue weighted by Gasteiger charge is -2.35.